The fourth-order valence-corrected chi connectivity index (χ4v) is 2.43. The van der Waals surface area contributed by atoms with E-state index in [1.54, 1.807) is 12.1 Å². The fraction of sp³-hybridized carbons (Fsp3) is 0.538. The Morgan fingerprint density at radius 3 is 2.12 bits per heavy atom. The van der Waals surface area contributed by atoms with Crippen molar-refractivity contribution in [3.63, 3.8) is 0 Å². The molecule has 0 radical (unpaired) electrons. The Bertz CT molecular complexity index is 356. The molecule has 3 nitrogen and oxygen atoms in total. The Hall–Kier alpha value is -0.835. The first-order chi connectivity index (χ1) is 8.06. The molecule has 1 saturated heterocycles. The number of benzene rings is 1. The van der Waals surface area contributed by atoms with E-state index in [-0.39, 0.29) is 0 Å². The molecule has 17 heavy (non-hydrogen) atoms. The minimum Gasteiger partial charge on any atom is -0.423 e. The van der Waals surface area contributed by atoms with Crippen molar-refractivity contribution >= 4 is 12.6 Å². The van der Waals surface area contributed by atoms with Crippen molar-refractivity contribution in [1.82, 2.24) is 4.90 Å². The Labute approximate surface area is 103 Å². The zero-order chi connectivity index (χ0) is 12.4. The molecular formula is C13H20BNO2. The van der Waals surface area contributed by atoms with Gasteiger partial charge in [0, 0.05) is 19.6 Å². The van der Waals surface area contributed by atoms with Crippen LogP contribution in [-0.4, -0.2) is 35.2 Å². The largest absolute Gasteiger partial charge is 0.488 e. The van der Waals surface area contributed by atoms with Gasteiger partial charge in [-0.05, 0) is 22.9 Å². The van der Waals surface area contributed by atoms with E-state index >= 15 is 0 Å². The van der Waals surface area contributed by atoms with Gasteiger partial charge in [0.15, 0.2) is 0 Å². The van der Waals surface area contributed by atoms with E-state index in [4.69, 9.17) is 10.0 Å². The van der Waals surface area contributed by atoms with E-state index in [0.717, 1.165) is 31.5 Å². The van der Waals surface area contributed by atoms with Gasteiger partial charge in [0.1, 0.15) is 0 Å². The zero-order valence-corrected chi connectivity index (χ0v) is 10.5. The maximum atomic E-state index is 9.01. The topological polar surface area (TPSA) is 43.7 Å². The van der Waals surface area contributed by atoms with Crippen LogP contribution in [0.4, 0.5) is 0 Å². The highest BCUT2D eigenvalue weighted by atomic mass is 16.4. The summed E-state index contributed by atoms with van der Waals surface area (Å²) >= 11 is 0. The Morgan fingerprint density at radius 2 is 1.65 bits per heavy atom. The molecule has 0 aromatic heterocycles. The molecule has 92 valence electrons. The highest BCUT2D eigenvalue weighted by Gasteiger charge is 2.25. The Morgan fingerprint density at radius 1 is 1.12 bits per heavy atom. The van der Waals surface area contributed by atoms with Gasteiger partial charge in [-0.1, -0.05) is 38.1 Å². The van der Waals surface area contributed by atoms with Crippen molar-refractivity contribution in [3.8, 4) is 0 Å². The van der Waals surface area contributed by atoms with Crippen molar-refractivity contribution < 1.29 is 10.0 Å². The molecule has 1 aliphatic rings. The first-order valence-electron chi connectivity index (χ1n) is 6.23. The smallest absolute Gasteiger partial charge is 0.423 e. The summed E-state index contributed by atoms with van der Waals surface area (Å²) in [4.78, 5) is 2.46. The van der Waals surface area contributed by atoms with E-state index < -0.39 is 7.12 Å². The van der Waals surface area contributed by atoms with Gasteiger partial charge < -0.3 is 10.0 Å². The maximum absolute atomic E-state index is 9.01. The lowest BCUT2D eigenvalue weighted by Crippen LogP contribution is -2.29. The normalized spacial score (nSPS) is 25.2. The summed E-state index contributed by atoms with van der Waals surface area (Å²) in [6.07, 6.45) is 0. The van der Waals surface area contributed by atoms with Crippen molar-refractivity contribution in [1.29, 1.82) is 0 Å². The van der Waals surface area contributed by atoms with Crippen LogP contribution in [0.5, 0.6) is 0 Å². The van der Waals surface area contributed by atoms with Crippen LogP contribution in [-0.2, 0) is 6.54 Å². The van der Waals surface area contributed by atoms with E-state index in [1.807, 2.05) is 12.1 Å². The summed E-state index contributed by atoms with van der Waals surface area (Å²) in [7, 11) is -1.36. The molecule has 2 rings (SSSR count). The first-order valence-corrected chi connectivity index (χ1v) is 6.23. The van der Waals surface area contributed by atoms with Gasteiger partial charge in [0.2, 0.25) is 0 Å². The lowest BCUT2D eigenvalue weighted by molar-refractivity contribution is 0.316. The number of hydrogen-bond acceptors (Lipinski definition) is 3. The third kappa shape index (κ3) is 3.09. The van der Waals surface area contributed by atoms with Crippen LogP contribution < -0.4 is 5.46 Å². The monoisotopic (exact) mass is 233 g/mol. The van der Waals surface area contributed by atoms with E-state index in [1.165, 1.54) is 5.56 Å². The van der Waals surface area contributed by atoms with Gasteiger partial charge in [-0.2, -0.15) is 0 Å². The average Bonchev–Trinajstić information content (AvgIpc) is 2.58. The molecule has 4 heteroatoms. The Balaban J connectivity index is 1.95. The molecule has 1 heterocycles. The molecule has 0 bridgehead atoms. The molecule has 0 amide bonds. The van der Waals surface area contributed by atoms with Crippen LogP contribution in [0.1, 0.15) is 19.4 Å². The number of nitrogens with zero attached hydrogens (tertiary/aromatic N) is 1. The van der Waals surface area contributed by atoms with Crippen molar-refractivity contribution in [2.24, 2.45) is 11.8 Å². The molecule has 2 unspecified atom stereocenters. The van der Waals surface area contributed by atoms with Crippen LogP contribution in [0.2, 0.25) is 0 Å². The van der Waals surface area contributed by atoms with Crippen LogP contribution >= 0.6 is 0 Å². The molecule has 0 spiro atoms. The predicted octanol–water partition coefficient (Wildman–Crippen LogP) is 0.454. The van der Waals surface area contributed by atoms with Crippen LogP contribution in [0.25, 0.3) is 0 Å². The second-order valence-electron chi connectivity index (χ2n) is 5.26. The molecule has 2 atom stereocenters. The fourth-order valence-electron chi connectivity index (χ4n) is 2.43. The molecule has 0 aliphatic carbocycles. The highest BCUT2D eigenvalue weighted by molar-refractivity contribution is 6.58. The first kappa shape index (κ1) is 12.6. The second-order valence-corrected chi connectivity index (χ2v) is 5.26. The minimum absolute atomic E-state index is 0.553. The van der Waals surface area contributed by atoms with E-state index in [2.05, 4.69) is 18.7 Å². The maximum Gasteiger partial charge on any atom is 0.488 e. The molecule has 2 N–H and O–H groups in total. The van der Waals surface area contributed by atoms with Gasteiger partial charge in [0.25, 0.3) is 0 Å². The van der Waals surface area contributed by atoms with Crippen LogP contribution in [0, 0.1) is 11.8 Å². The molecular weight excluding hydrogens is 213 g/mol. The number of hydrogen-bond donors (Lipinski definition) is 2. The molecule has 0 saturated carbocycles. The van der Waals surface area contributed by atoms with Gasteiger partial charge in [0.05, 0.1) is 0 Å². The molecule has 1 aliphatic heterocycles. The Kier molecular flexibility index (Phi) is 3.87. The van der Waals surface area contributed by atoms with Crippen molar-refractivity contribution in [2.75, 3.05) is 13.1 Å². The molecule has 1 aromatic rings. The third-order valence-electron chi connectivity index (χ3n) is 3.75. The predicted molar refractivity (Wildman–Crippen MR) is 69.9 cm³/mol. The number of rotatable bonds is 3. The quantitative estimate of drug-likeness (QED) is 0.745. The van der Waals surface area contributed by atoms with E-state index in [0.29, 0.717) is 5.46 Å². The zero-order valence-electron chi connectivity index (χ0n) is 10.5. The standard InChI is InChI=1S/C13H20BNO2/c1-10-7-15(8-11(10)2)9-12-3-5-13(6-4-12)14(16)17/h3-6,10-11,16-17H,7-9H2,1-2H3. The lowest BCUT2D eigenvalue weighted by atomic mass is 9.80. The SMILES string of the molecule is CC1CN(Cc2ccc(B(O)O)cc2)CC1C. The molecule has 1 fully saturated rings. The van der Waals surface area contributed by atoms with Crippen LogP contribution in [0.15, 0.2) is 24.3 Å². The van der Waals surface area contributed by atoms with Crippen LogP contribution in [0.3, 0.4) is 0 Å². The average molecular weight is 233 g/mol. The van der Waals surface area contributed by atoms with Crippen molar-refractivity contribution in [3.05, 3.63) is 29.8 Å². The van der Waals surface area contributed by atoms with Gasteiger partial charge in [-0.3, -0.25) is 4.90 Å². The number of likely N-dealkylation sites (tertiary alicyclic amines) is 1. The van der Waals surface area contributed by atoms with E-state index in [9.17, 15) is 0 Å². The highest BCUT2D eigenvalue weighted by Crippen LogP contribution is 2.23. The van der Waals surface area contributed by atoms with Gasteiger partial charge in [-0.15, -0.1) is 0 Å². The third-order valence-corrected chi connectivity index (χ3v) is 3.75. The van der Waals surface area contributed by atoms with Crippen molar-refractivity contribution in [2.45, 2.75) is 20.4 Å². The van der Waals surface area contributed by atoms with Gasteiger partial charge in [-0.25, -0.2) is 0 Å². The summed E-state index contributed by atoms with van der Waals surface area (Å²) in [5.41, 5.74) is 1.78. The van der Waals surface area contributed by atoms with Gasteiger partial charge >= 0.3 is 7.12 Å². The lowest BCUT2D eigenvalue weighted by Gasteiger charge is -2.15. The summed E-state index contributed by atoms with van der Waals surface area (Å²) in [6.45, 7) is 7.87. The minimum atomic E-state index is -1.36. The summed E-state index contributed by atoms with van der Waals surface area (Å²) in [5.74, 6) is 1.54. The molecule has 1 aromatic carbocycles. The summed E-state index contributed by atoms with van der Waals surface area (Å²) in [5, 5.41) is 18.0. The summed E-state index contributed by atoms with van der Waals surface area (Å²) in [6, 6.07) is 7.51. The summed E-state index contributed by atoms with van der Waals surface area (Å²) < 4.78 is 0. The second kappa shape index (κ2) is 5.21.